The van der Waals surface area contributed by atoms with Gasteiger partial charge in [0.25, 0.3) is 0 Å². The van der Waals surface area contributed by atoms with Crippen molar-refractivity contribution in [2.45, 2.75) is 92.4 Å². The van der Waals surface area contributed by atoms with Crippen LogP contribution in [0.2, 0.25) is 5.02 Å². The number of rotatable bonds is 3. The summed E-state index contributed by atoms with van der Waals surface area (Å²) in [7, 11) is 0. The third-order valence-corrected chi connectivity index (χ3v) is 13.6. The number of hydrogen-bond acceptors (Lipinski definition) is 3. The van der Waals surface area contributed by atoms with Gasteiger partial charge in [0.1, 0.15) is 11.2 Å². The first kappa shape index (κ1) is 47.4. The second-order valence-electron chi connectivity index (χ2n) is 20.9. The summed E-state index contributed by atoms with van der Waals surface area (Å²) in [5.74, 6) is 0. The van der Waals surface area contributed by atoms with E-state index in [4.69, 9.17) is 29.9 Å². The summed E-state index contributed by atoms with van der Waals surface area (Å²) in [4.78, 5) is 4.86. The number of anilines is 6. The van der Waals surface area contributed by atoms with Gasteiger partial charge in [-0.15, -0.1) is 16.4 Å². The number of hydrogen-bond donors (Lipinski definition) is 0. The molecule has 2 aliphatic rings. The molecule has 0 unspecified atom stereocenters. The Morgan fingerprint density at radius 2 is 1.26 bits per heavy atom. The van der Waals surface area contributed by atoms with Crippen molar-refractivity contribution >= 4 is 90.8 Å². The van der Waals surface area contributed by atoms with Crippen LogP contribution in [0.5, 0.6) is 0 Å². The molecule has 0 N–H and O–H groups in total. The molecule has 65 heavy (non-hydrogen) atoms. The van der Waals surface area contributed by atoms with Gasteiger partial charge in [-0.05, 0) is 71.7 Å². The maximum atomic E-state index is 7.08. The van der Waals surface area contributed by atoms with E-state index >= 15 is 0 Å². The van der Waals surface area contributed by atoms with Gasteiger partial charge in [-0.25, -0.2) is 5.69 Å². The number of aryl methyl sites for hydroxylation is 2. The monoisotopic (exact) mass is 1070 g/mol. The number of halogens is 1. The summed E-state index contributed by atoms with van der Waals surface area (Å²) in [6.07, 6.45) is 0. The summed E-state index contributed by atoms with van der Waals surface area (Å²) in [5, 5.41) is 2.94. The molecule has 0 bridgehead atoms. The standard InChI is InChI=1S/C58H54BClN2O.2Cd/c1-33-27-37(42-18-16-19-44-43-17-14-15-20-50(43)63-55(42)44)28-34(2)52(33)62-48-31-40(60)23-26-46(48)59-47-30-39(57(8,9)10)29-35(3)53(47)61(41-24-21-38(22-25-41)56(5,6)7)54-36(4)45(58(11,12)13)32-49(62)51(54)59;;/h14-23,26-32H,3-4H2,1-2,5-13H3;;/q-4;2*+2. The van der Waals surface area contributed by atoms with E-state index in [1.54, 1.807) is 0 Å². The van der Waals surface area contributed by atoms with Crippen molar-refractivity contribution < 1.29 is 59.0 Å². The first-order valence-corrected chi connectivity index (χ1v) is 22.5. The average molecular weight is 1070 g/mol. The molecule has 2 aliphatic heterocycles. The van der Waals surface area contributed by atoms with Crippen LogP contribution in [0.25, 0.3) is 33.1 Å². The van der Waals surface area contributed by atoms with Crippen molar-refractivity contribution in [2.24, 2.45) is 0 Å². The van der Waals surface area contributed by atoms with Crippen molar-refractivity contribution in [1.29, 1.82) is 0 Å². The van der Waals surface area contributed by atoms with Gasteiger partial charge in [0.05, 0.1) is 5.69 Å². The van der Waals surface area contributed by atoms with Crippen LogP contribution in [0.15, 0.2) is 108 Å². The molecule has 0 radical (unpaired) electrons. The van der Waals surface area contributed by atoms with Crippen LogP contribution in [0, 0.1) is 39.8 Å². The Hall–Kier alpha value is -4.12. The van der Waals surface area contributed by atoms with Gasteiger partial charge in [-0.1, -0.05) is 156 Å². The summed E-state index contributed by atoms with van der Waals surface area (Å²) in [5.41, 5.74) is 21.3. The zero-order valence-electron chi connectivity index (χ0n) is 39.9. The fraction of sp³-hybridized carbons (Fsp3) is 0.241. The predicted octanol–water partition coefficient (Wildman–Crippen LogP) is 14.5. The molecule has 1 aromatic heterocycles. The largest absolute Gasteiger partial charge is 2.00 e. The Labute approximate surface area is 432 Å². The van der Waals surface area contributed by atoms with Crippen LogP contribution in [0.1, 0.15) is 101 Å². The Balaban J connectivity index is 0.00000288. The summed E-state index contributed by atoms with van der Waals surface area (Å²) in [6.45, 7) is 34.6. The number of furan rings is 1. The summed E-state index contributed by atoms with van der Waals surface area (Å²) >= 11 is 7.08. The van der Waals surface area contributed by atoms with Gasteiger partial charge >= 0.3 is 54.6 Å². The maximum Gasteiger partial charge on any atom is 2.00 e. The zero-order valence-corrected chi connectivity index (χ0v) is 48.7. The average Bonchev–Trinajstić information content (AvgIpc) is 3.60. The molecule has 10 rings (SSSR count). The second-order valence-corrected chi connectivity index (χ2v) is 21.4. The van der Waals surface area contributed by atoms with Crippen molar-refractivity contribution in [3.05, 3.63) is 173 Å². The van der Waals surface area contributed by atoms with Crippen LogP contribution < -0.4 is 26.2 Å². The van der Waals surface area contributed by atoms with Crippen LogP contribution in [-0.4, -0.2) is 6.71 Å². The van der Waals surface area contributed by atoms with Crippen LogP contribution >= 0.6 is 11.6 Å². The van der Waals surface area contributed by atoms with Crippen molar-refractivity contribution in [3.8, 4) is 11.1 Å². The van der Waals surface area contributed by atoms with E-state index in [0.717, 1.165) is 89.4 Å². The Morgan fingerprint density at radius 3 is 1.91 bits per heavy atom. The third kappa shape index (κ3) is 7.65. The van der Waals surface area contributed by atoms with Gasteiger partial charge in [0, 0.05) is 32.7 Å². The fourth-order valence-electron chi connectivity index (χ4n) is 10.3. The van der Waals surface area contributed by atoms with Crippen molar-refractivity contribution in [1.82, 2.24) is 0 Å². The second kappa shape index (κ2) is 16.6. The molecule has 0 aliphatic carbocycles. The topological polar surface area (TPSA) is 19.6 Å². The van der Waals surface area contributed by atoms with E-state index in [1.807, 2.05) is 18.2 Å². The minimum atomic E-state index is -0.240. The molecular weight excluding hydrogens is 1010 g/mol. The first-order chi connectivity index (χ1) is 29.7. The fourth-order valence-corrected chi connectivity index (χ4v) is 10.4. The minimum Gasteiger partial charge on any atom is -0.463 e. The van der Waals surface area contributed by atoms with E-state index in [2.05, 4.69) is 183 Å². The Morgan fingerprint density at radius 1 is 0.615 bits per heavy atom. The molecule has 3 heterocycles. The van der Waals surface area contributed by atoms with E-state index < -0.39 is 0 Å². The van der Waals surface area contributed by atoms with Crippen LogP contribution in [0.3, 0.4) is 0 Å². The molecule has 0 fully saturated rings. The van der Waals surface area contributed by atoms with Crippen LogP contribution in [-0.2, 0) is 70.8 Å². The van der Waals surface area contributed by atoms with E-state index in [-0.39, 0.29) is 77.6 Å². The van der Waals surface area contributed by atoms with E-state index in [9.17, 15) is 0 Å². The molecule has 0 saturated heterocycles. The molecule has 0 saturated carbocycles. The first-order valence-electron chi connectivity index (χ1n) is 22.1. The minimum absolute atomic E-state index is 0. The molecule has 316 valence electrons. The normalized spacial score (nSPS) is 13.3. The quantitative estimate of drug-likeness (QED) is 0.130. The predicted molar refractivity (Wildman–Crippen MR) is 270 cm³/mol. The molecule has 3 nitrogen and oxygen atoms in total. The molecule has 0 atom stereocenters. The third-order valence-electron chi connectivity index (χ3n) is 13.4. The number of para-hydroxylation sites is 2. The number of nitrogens with zero attached hydrogens (tertiary/aromatic N) is 2. The van der Waals surface area contributed by atoms with Gasteiger partial charge < -0.3 is 26.3 Å². The smallest absolute Gasteiger partial charge is 0.463 e. The number of benzene rings is 7. The van der Waals surface area contributed by atoms with Crippen LogP contribution in [0.4, 0.5) is 34.1 Å². The molecular formula is C58H54BCd2ClN2O. The Bertz CT molecular complexity index is 3180. The summed E-state index contributed by atoms with van der Waals surface area (Å²) in [6, 6.07) is 44.7. The van der Waals surface area contributed by atoms with Gasteiger partial charge in [0.15, 0.2) is 0 Å². The number of fused-ring (bicyclic) bond motifs is 7. The molecule has 7 heteroatoms. The maximum absolute atomic E-state index is 7.08. The molecule has 7 aromatic carbocycles. The Kier molecular flexibility index (Phi) is 12.1. The molecule has 0 amide bonds. The van der Waals surface area contributed by atoms with Crippen molar-refractivity contribution in [3.63, 3.8) is 0 Å². The van der Waals surface area contributed by atoms with Gasteiger partial charge in [0.2, 0.25) is 6.71 Å². The van der Waals surface area contributed by atoms with E-state index in [0.29, 0.717) is 5.02 Å². The molecule has 0 spiro atoms. The van der Waals surface area contributed by atoms with Gasteiger partial charge in [-0.3, -0.25) is 17.7 Å². The molecule has 8 aromatic rings. The SMILES string of the molecule is [CH2-]c1cc(C(C)(C)C)cc2c1N(c1[c-]cc(C(C)(C)C)c[c-]1)c1c([CH2-])c(C(C)(C)C)cc3c1B2c1ccc(Cl)cc1N3c1c(C)cc(-c2cccc3c2oc2ccccc23)cc1C.[Cd+2].[Cd+2]. The summed E-state index contributed by atoms with van der Waals surface area (Å²) < 4.78 is 6.56. The van der Waals surface area contributed by atoms with E-state index in [1.165, 1.54) is 33.1 Å². The zero-order chi connectivity index (χ0) is 44.7. The van der Waals surface area contributed by atoms with Crippen molar-refractivity contribution in [2.75, 3.05) is 9.80 Å². The van der Waals surface area contributed by atoms with Gasteiger partial charge in [-0.2, -0.15) is 31.0 Å².